The maximum absolute atomic E-state index is 12.7. The van der Waals surface area contributed by atoms with Crippen molar-refractivity contribution in [2.75, 3.05) is 6.54 Å². The van der Waals surface area contributed by atoms with Crippen LogP contribution in [0.3, 0.4) is 0 Å². The lowest BCUT2D eigenvalue weighted by Crippen LogP contribution is -2.40. The Bertz CT molecular complexity index is 933. The fourth-order valence-corrected chi connectivity index (χ4v) is 3.11. The van der Waals surface area contributed by atoms with Crippen molar-refractivity contribution in [3.8, 4) is 0 Å². The number of carbonyl (C=O) groups is 1. The van der Waals surface area contributed by atoms with Gasteiger partial charge in [0.05, 0.1) is 30.0 Å². The van der Waals surface area contributed by atoms with Crippen LogP contribution in [0, 0.1) is 0 Å². The zero-order valence-electron chi connectivity index (χ0n) is 14.8. The molecule has 0 saturated carbocycles. The molecule has 0 spiro atoms. The maximum Gasteiger partial charge on any atom is 0.244 e. The van der Waals surface area contributed by atoms with Gasteiger partial charge in [-0.2, -0.15) is 5.10 Å². The number of nitrogens with zero attached hydrogens (tertiary/aromatic N) is 6. The van der Waals surface area contributed by atoms with E-state index < -0.39 is 0 Å². The third-order valence-electron chi connectivity index (χ3n) is 4.62. The molecule has 0 radical (unpaired) electrons. The smallest absolute Gasteiger partial charge is 0.244 e. The summed E-state index contributed by atoms with van der Waals surface area (Å²) in [6, 6.07) is 9.80. The van der Waals surface area contributed by atoms with Crippen LogP contribution in [0.4, 0.5) is 0 Å². The van der Waals surface area contributed by atoms with Gasteiger partial charge in [0.1, 0.15) is 12.1 Å². The third kappa shape index (κ3) is 2.90. The van der Waals surface area contributed by atoms with E-state index >= 15 is 0 Å². The number of hydrogen-bond acceptors (Lipinski definition) is 4. The summed E-state index contributed by atoms with van der Waals surface area (Å²) in [5.74, 6) is 0.0559. The Balaban J connectivity index is 1.51. The molecule has 7 nitrogen and oxygen atoms in total. The number of amides is 1. The van der Waals surface area contributed by atoms with Gasteiger partial charge < -0.3 is 4.90 Å². The van der Waals surface area contributed by atoms with Crippen LogP contribution >= 0.6 is 0 Å². The lowest BCUT2D eigenvalue weighted by atomic mass is 9.92. The predicted molar refractivity (Wildman–Crippen MR) is 93.9 cm³/mol. The normalized spacial score (nSPS) is 14.8. The minimum Gasteiger partial charge on any atom is -0.333 e. The summed E-state index contributed by atoms with van der Waals surface area (Å²) in [6.07, 6.45) is 0. The number of fused-ring (bicyclic) bond motifs is 2. The van der Waals surface area contributed by atoms with E-state index in [4.69, 9.17) is 0 Å². The Morgan fingerprint density at radius 3 is 2.80 bits per heavy atom. The zero-order valence-corrected chi connectivity index (χ0v) is 14.8. The topological polar surface area (TPSA) is 68.8 Å². The van der Waals surface area contributed by atoms with Crippen LogP contribution in [0.15, 0.2) is 30.3 Å². The Labute approximate surface area is 146 Å². The van der Waals surface area contributed by atoms with Crippen molar-refractivity contribution in [2.24, 2.45) is 0 Å². The molecule has 1 aromatic carbocycles. The molecule has 0 unspecified atom stereocenters. The van der Waals surface area contributed by atoms with E-state index in [1.54, 1.807) is 4.68 Å². The lowest BCUT2D eigenvalue weighted by Gasteiger charge is -2.27. The van der Waals surface area contributed by atoms with Crippen molar-refractivity contribution >= 4 is 16.9 Å². The summed E-state index contributed by atoms with van der Waals surface area (Å²) >= 11 is 0. The van der Waals surface area contributed by atoms with Crippen molar-refractivity contribution in [3.63, 3.8) is 0 Å². The second-order valence-corrected chi connectivity index (χ2v) is 7.55. The molecule has 7 heteroatoms. The van der Waals surface area contributed by atoms with E-state index in [1.165, 1.54) is 0 Å². The van der Waals surface area contributed by atoms with Gasteiger partial charge in [0.2, 0.25) is 5.91 Å². The Morgan fingerprint density at radius 1 is 1.20 bits per heavy atom. The molecule has 130 valence electrons. The maximum atomic E-state index is 12.7. The van der Waals surface area contributed by atoms with Crippen LogP contribution in [0.1, 0.15) is 32.2 Å². The van der Waals surface area contributed by atoms with Gasteiger partial charge in [0.25, 0.3) is 0 Å². The van der Waals surface area contributed by atoms with Gasteiger partial charge in [0, 0.05) is 12.0 Å². The van der Waals surface area contributed by atoms with E-state index in [1.807, 2.05) is 33.8 Å². The molecule has 1 aliphatic heterocycles. The first-order valence-electron chi connectivity index (χ1n) is 8.55. The number of benzene rings is 1. The summed E-state index contributed by atoms with van der Waals surface area (Å²) in [6.45, 7) is 8.66. The summed E-state index contributed by atoms with van der Waals surface area (Å²) in [5, 5.41) is 12.9. The average Bonchev–Trinajstić information content (AvgIpc) is 3.18. The average molecular weight is 338 g/mol. The van der Waals surface area contributed by atoms with E-state index in [2.05, 4.69) is 42.2 Å². The molecule has 1 aliphatic rings. The number of carbonyl (C=O) groups excluding carboxylic acids is 1. The van der Waals surface area contributed by atoms with Crippen LogP contribution in [-0.4, -0.2) is 42.1 Å². The summed E-state index contributed by atoms with van der Waals surface area (Å²) < 4.78 is 3.69. The van der Waals surface area contributed by atoms with Crippen LogP contribution in [0.2, 0.25) is 0 Å². The van der Waals surface area contributed by atoms with Gasteiger partial charge in [0.15, 0.2) is 0 Å². The standard InChI is InChI=1S/C18H22N6O/c1-18(2,3)16-10-13-11-22(8-9-23(13)20-16)17(25)12-24-15-7-5-4-6-14(15)19-21-24/h4-7,10H,8-9,11-12H2,1-3H3. The quantitative estimate of drug-likeness (QED) is 0.716. The van der Waals surface area contributed by atoms with Crippen molar-refractivity contribution in [1.29, 1.82) is 0 Å². The van der Waals surface area contributed by atoms with Gasteiger partial charge in [-0.05, 0) is 18.2 Å². The first-order chi connectivity index (χ1) is 11.9. The molecule has 25 heavy (non-hydrogen) atoms. The SMILES string of the molecule is CC(C)(C)c1cc2n(n1)CCN(C(=O)Cn1nnc3ccccc31)C2. The molecule has 3 heterocycles. The van der Waals surface area contributed by atoms with Gasteiger partial charge in [-0.1, -0.05) is 38.1 Å². The van der Waals surface area contributed by atoms with Crippen molar-refractivity contribution in [1.82, 2.24) is 29.7 Å². The Morgan fingerprint density at radius 2 is 2.00 bits per heavy atom. The second kappa shape index (κ2) is 5.68. The van der Waals surface area contributed by atoms with E-state index in [0.717, 1.165) is 29.0 Å². The minimum atomic E-state index is 0.0127. The van der Waals surface area contributed by atoms with E-state index in [9.17, 15) is 4.79 Å². The van der Waals surface area contributed by atoms with E-state index in [-0.39, 0.29) is 17.9 Å². The van der Waals surface area contributed by atoms with Crippen molar-refractivity contribution in [2.45, 2.75) is 45.8 Å². The Hall–Kier alpha value is -2.70. The van der Waals surface area contributed by atoms with Crippen LogP contribution in [0.5, 0.6) is 0 Å². The zero-order chi connectivity index (χ0) is 17.6. The number of para-hydroxylation sites is 1. The highest BCUT2D eigenvalue weighted by atomic mass is 16.2. The fraction of sp³-hybridized carbons (Fsp3) is 0.444. The summed E-state index contributed by atoms with van der Waals surface area (Å²) in [4.78, 5) is 14.6. The van der Waals surface area contributed by atoms with E-state index in [0.29, 0.717) is 13.1 Å². The van der Waals surface area contributed by atoms with Gasteiger partial charge in [-0.3, -0.25) is 9.48 Å². The molecule has 0 atom stereocenters. The number of aromatic nitrogens is 5. The molecule has 1 amide bonds. The highest BCUT2D eigenvalue weighted by molar-refractivity contribution is 5.79. The third-order valence-corrected chi connectivity index (χ3v) is 4.62. The minimum absolute atomic E-state index is 0.0127. The molecular weight excluding hydrogens is 316 g/mol. The summed E-state index contributed by atoms with van der Waals surface area (Å²) in [7, 11) is 0. The second-order valence-electron chi connectivity index (χ2n) is 7.55. The number of rotatable bonds is 2. The molecule has 0 N–H and O–H groups in total. The lowest BCUT2D eigenvalue weighted by molar-refractivity contribution is -0.133. The molecule has 3 aromatic rings. The van der Waals surface area contributed by atoms with Crippen LogP contribution < -0.4 is 0 Å². The van der Waals surface area contributed by atoms with Crippen LogP contribution in [-0.2, 0) is 29.8 Å². The molecule has 0 bridgehead atoms. The predicted octanol–water partition coefficient (Wildman–Crippen LogP) is 1.97. The molecule has 2 aromatic heterocycles. The van der Waals surface area contributed by atoms with Gasteiger partial charge >= 0.3 is 0 Å². The van der Waals surface area contributed by atoms with Gasteiger partial charge in [-0.15, -0.1) is 5.10 Å². The first-order valence-corrected chi connectivity index (χ1v) is 8.55. The number of hydrogen-bond donors (Lipinski definition) is 0. The largest absolute Gasteiger partial charge is 0.333 e. The molecule has 0 saturated heterocycles. The van der Waals surface area contributed by atoms with Gasteiger partial charge in [-0.25, -0.2) is 4.68 Å². The molecule has 4 rings (SSSR count). The Kier molecular flexibility index (Phi) is 3.59. The molecule has 0 aliphatic carbocycles. The highest BCUT2D eigenvalue weighted by Crippen LogP contribution is 2.24. The van der Waals surface area contributed by atoms with Crippen LogP contribution in [0.25, 0.3) is 11.0 Å². The molecular formula is C18H22N6O. The fourth-order valence-electron chi connectivity index (χ4n) is 3.11. The van der Waals surface area contributed by atoms with Crippen molar-refractivity contribution < 1.29 is 4.79 Å². The summed E-state index contributed by atoms with van der Waals surface area (Å²) in [5.41, 5.74) is 3.86. The highest BCUT2D eigenvalue weighted by Gasteiger charge is 2.26. The molecule has 0 fully saturated rings. The van der Waals surface area contributed by atoms with Crippen molar-refractivity contribution in [3.05, 3.63) is 41.7 Å². The first kappa shape index (κ1) is 15.8. The monoisotopic (exact) mass is 338 g/mol.